The maximum atomic E-state index is 12.6. The zero-order valence-electron chi connectivity index (χ0n) is 12.8. The van der Waals surface area contributed by atoms with Crippen molar-refractivity contribution in [2.24, 2.45) is 0 Å². The molecular formula is C16H22N4OS. The van der Waals surface area contributed by atoms with Gasteiger partial charge < -0.3 is 9.47 Å². The fourth-order valence-electron chi connectivity index (χ4n) is 3.73. The van der Waals surface area contributed by atoms with Crippen molar-refractivity contribution in [2.75, 3.05) is 13.1 Å². The van der Waals surface area contributed by atoms with Crippen molar-refractivity contribution in [1.82, 2.24) is 19.7 Å². The lowest BCUT2D eigenvalue weighted by molar-refractivity contribution is -0.128. The number of carbonyl (C=O) groups excluding carboxylic acids is 1. The largest absolute Gasteiger partial charge is 0.338 e. The molecular weight excluding hydrogens is 296 g/mol. The van der Waals surface area contributed by atoms with Crippen molar-refractivity contribution in [2.45, 2.75) is 56.9 Å². The van der Waals surface area contributed by atoms with E-state index in [1.807, 2.05) is 4.90 Å². The number of carbonyl (C=O) groups is 1. The van der Waals surface area contributed by atoms with Crippen LogP contribution in [0.3, 0.4) is 0 Å². The third kappa shape index (κ3) is 2.53. The van der Waals surface area contributed by atoms with Gasteiger partial charge in [-0.05, 0) is 57.2 Å². The smallest absolute Gasteiger partial charge is 0.249 e. The number of amides is 1. The molecule has 2 aliphatic carbocycles. The molecule has 118 valence electrons. The summed E-state index contributed by atoms with van der Waals surface area (Å²) in [5.74, 6) is 1.62. The Hall–Kier alpha value is -1.43. The summed E-state index contributed by atoms with van der Waals surface area (Å²) in [6, 6.07) is 0.532. The van der Waals surface area contributed by atoms with Crippen LogP contribution in [0.15, 0.2) is 11.6 Å². The highest BCUT2D eigenvalue weighted by molar-refractivity contribution is 7.71. The van der Waals surface area contributed by atoms with E-state index in [1.165, 1.54) is 12.8 Å². The number of aromatic amines is 1. The SMILES string of the molecule is O=C(C1=CCCC1)N1CCC[C@H](c2n[nH]c(=S)n2C2CC2)C1. The molecule has 0 radical (unpaired) electrons. The van der Waals surface area contributed by atoms with Crippen LogP contribution in [0.5, 0.6) is 0 Å². The second-order valence-corrected chi connectivity index (χ2v) is 7.09. The maximum Gasteiger partial charge on any atom is 0.249 e. The molecule has 1 aromatic heterocycles. The summed E-state index contributed by atoms with van der Waals surface area (Å²) in [4.78, 5) is 14.6. The van der Waals surface area contributed by atoms with E-state index in [9.17, 15) is 4.79 Å². The molecule has 5 nitrogen and oxygen atoms in total. The number of piperidine rings is 1. The minimum absolute atomic E-state index is 0.245. The van der Waals surface area contributed by atoms with E-state index >= 15 is 0 Å². The van der Waals surface area contributed by atoms with E-state index in [0.717, 1.165) is 61.4 Å². The quantitative estimate of drug-likeness (QED) is 0.871. The van der Waals surface area contributed by atoms with Crippen molar-refractivity contribution < 1.29 is 4.79 Å². The maximum absolute atomic E-state index is 12.6. The van der Waals surface area contributed by atoms with Gasteiger partial charge in [0.15, 0.2) is 4.77 Å². The van der Waals surface area contributed by atoms with Crippen LogP contribution >= 0.6 is 12.2 Å². The van der Waals surface area contributed by atoms with Gasteiger partial charge in [0.05, 0.1) is 0 Å². The lowest BCUT2D eigenvalue weighted by Gasteiger charge is -2.32. The topological polar surface area (TPSA) is 53.9 Å². The molecule has 1 saturated heterocycles. The predicted molar refractivity (Wildman–Crippen MR) is 86.2 cm³/mol. The lowest BCUT2D eigenvalue weighted by atomic mass is 9.96. The Morgan fingerprint density at radius 2 is 2.18 bits per heavy atom. The molecule has 1 aromatic rings. The molecule has 2 fully saturated rings. The number of likely N-dealkylation sites (tertiary alicyclic amines) is 1. The molecule has 0 unspecified atom stereocenters. The molecule has 2 heterocycles. The molecule has 1 atom stereocenters. The summed E-state index contributed by atoms with van der Waals surface area (Å²) in [6.45, 7) is 1.66. The number of H-pyrrole nitrogens is 1. The van der Waals surface area contributed by atoms with Crippen molar-refractivity contribution in [3.8, 4) is 0 Å². The van der Waals surface area contributed by atoms with Crippen molar-refractivity contribution in [3.63, 3.8) is 0 Å². The third-order valence-electron chi connectivity index (χ3n) is 5.03. The second kappa shape index (κ2) is 5.65. The highest BCUT2D eigenvalue weighted by Crippen LogP contribution is 2.38. The van der Waals surface area contributed by atoms with E-state index in [1.54, 1.807) is 0 Å². The molecule has 1 amide bonds. The average molecular weight is 318 g/mol. The van der Waals surface area contributed by atoms with Crippen LogP contribution in [0.25, 0.3) is 0 Å². The van der Waals surface area contributed by atoms with Gasteiger partial charge in [0.1, 0.15) is 5.82 Å². The highest BCUT2D eigenvalue weighted by atomic mass is 32.1. The Morgan fingerprint density at radius 3 is 2.91 bits per heavy atom. The van der Waals surface area contributed by atoms with Crippen LogP contribution in [0.2, 0.25) is 0 Å². The van der Waals surface area contributed by atoms with Crippen molar-refractivity contribution in [3.05, 3.63) is 22.2 Å². The van der Waals surface area contributed by atoms with Gasteiger partial charge in [-0.15, -0.1) is 0 Å². The monoisotopic (exact) mass is 318 g/mol. The number of hydrogen-bond donors (Lipinski definition) is 1. The van der Waals surface area contributed by atoms with E-state index in [2.05, 4.69) is 20.8 Å². The number of aromatic nitrogens is 3. The summed E-state index contributed by atoms with van der Waals surface area (Å²) in [5, 5.41) is 7.44. The number of nitrogens with one attached hydrogen (secondary N) is 1. The van der Waals surface area contributed by atoms with Crippen LogP contribution in [-0.2, 0) is 4.79 Å². The van der Waals surface area contributed by atoms with E-state index < -0.39 is 0 Å². The molecule has 0 aromatic carbocycles. The Morgan fingerprint density at radius 1 is 1.32 bits per heavy atom. The predicted octanol–water partition coefficient (Wildman–Crippen LogP) is 3.09. The van der Waals surface area contributed by atoms with Gasteiger partial charge in [0.25, 0.3) is 0 Å². The summed E-state index contributed by atoms with van der Waals surface area (Å²) in [7, 11) is 0. The lowest BCUT2D eigenvalue weighted by Crippen LogP contribution is -2.40. The van der Waals surface area contributed by atoms with Gasteiger partial charge in [-0.25, -0.2) is 0 Å². The molecule has 4 rings (SSSR count). The summed E-state index contributed by atoms with van der Waals surface area (Å²) in [5.41, 5.74) is 1.02. The minimum Gasteiger partial charge on any atom is -0.338 e. The fourth-order valence-corrected chi connectivity index (χ4v) is 4.02. The van der Waals surface area contributed by atoms with Crippen LogP contribution in [0.1, 0.15) is 62.7 Å². The molecule has 1 saturated carbocycles. The molecule has 22 heavy (non-hydrogen) atoms. The minimum atomic E-state index is 0.245. The first-order valence-corrected chi connectivity index (χ1v) is 8.80. The van der Waals surface area contributed by atoms with Gasteiger partial charge in [-0.3, -0.25) is 9.89 Å². The van der Waals surface area contributed by atoms with Gasteiger partial charge in [0.2, 0.25) is 5.91 Å². The van der Waals surface area contributed by atoms with Crippen molar-refractivity contribution in [1.29, 1.82) is 0 Å². The van der Waals surface area contributed by atoms with Gasteiger partial charge in [-0.1, -0.05) is 6.08 Å². The zero-order chi connectivity index (χ0) is 15.1. The average Bonchev–Trinajstić information content (AvgIpc) is 3.08. The molecule has 0 bridgehead atoms. The molecule has 0 spiro atoms. The summed E-state index contributed by atoms with van der Waals surface area (Å²) in [6.07, 6.45) is 9.78. The number of nitrogens with zero attached hydrogens (tertiary/aromatic N) is 3. The first-order chi connectivity index (χ1) is 10.7. The second-order valence-electron chi connectivity index (χ2n) is 6.70. The number of hydrogen-bond acceptors (Lipinski definition) is 3. The fraction of sp³-hybridized carbons (Fsp3) is 0.688. The van der Waals surface area contributed by atoms with Crippen LogP contribution in [0, 0.1) is 4.77 Å². The van der Waals surface area contributed by atoms with Crippen molar-refractivity contribution >= 4 is 18.1 Å². The molecule has 1 N–H and O–H groups in total. The van der Waals surface area contributed by atoms with Gasteiger partial charge in [0, 0.05) is 30.6 Å². The third-order valence-corrected chi connectivity index (χ3v) is 5.32. The first kappa shape index (κ1) is 14.2. The van der Waals surface area contributed by atoms with E-state index in [-0.39, 0.29) is 5.91 Å². The molecule has 6 heteroatoms. The van der Waals surface area contributed by atoms with Crippen LogP contribution < -0.4 is 0 Å². The standard InChI is InChI=1S/C16H22N4OS/c21-15(11-4-1-2-5-11)19-9-3-6-12(10-19)14-17-18-16(22)20(14)13-7-8-13/h4,12-13H,1-3,5-10H2,(H,18,22)/t12-/m0/s1. The molecule has 3 aliphatic rings. The number of allylic oxidation sites excluding steroid dienone is 1. The van der Waals surface area contributed by atoms with Crippen LogP contribution in [0.4, 0.5) is 0 Å². The van der Waals surface area contributed by atoms with E-state index in [0.29, 0.717) is 12.0 Å². The summed E-state index contributed by atoms with van der Waals surface area (Å²) >= 11 is 5.38. The Balaban J connectivity index is 1.54. The van der Waals surface area contributed by atoms with Gasteiger partial charge in [-0.2, -0.15) is 5.10 Å². The zero-order valence-corrected chi connectivity index (χ0v) is 13.6. The highest BCUT2D eigenvalue weighted by Gasteiger charge is 2.33. The summed E-state index contributed by atoms with van der Waals surface area (Å²) < 4.78 is 2.93. The molecule has 1 aliphatic heterocycles. The Bertz CT molecular complexity index is 670. The van der Waals surface area contributed by atoms with Gasteiger partial charge >= 0.3 is 0 Å². The normalized spacial score (nSPS) is 25.4. The number of rotatable bonds is 3. The Labute approximate surface area is 135 Å². The van der Waals surface area contributed by atoms with Crippen LogP contribution in [-0.4, -0.2) is 38.7 Å². The Kier molecular flexibility index (Phi) is 3.64. The van der Waals surface area contributed by atoms with E-state index in [4.69, 9.17) is 12.2 Å². The first-order valence-electron chi connectivity index (χ1n) is 8.39.